The molecule has 0 saturated heterocycles. The zero-order chi connectivity index (χ0) is 28.8. The smallest absolute Gasteiger partial charge is 0.273 e. The van der Waals surface area contributed by atoms with Gasteiger partial charge in [0, 0.05) is 25.4 Å². The number of oxazole rings is 1. The monoisotopic (exact) mass is 558 g/mol. The van der Waals surface area contributed by atoms with Crippen molar-refractivity contribution in [3.63, 3.8) is 0 Å². The molecule has 0 unspecified atom stereocenters. The Bertz CT molecular complexity index is 1550. The molecule has 212 valence electrons. The minimum Gasteiger partial charge on any atom is -0.446 e. The third-order valence-electron chi connectivity index (χ3n) is 6.75. The molecule has 5 rings (SSSR count). The van der Waals surface area contributed by atoms with Gasteiger partial charge in [0.15, 0.2) is 11.3 Å². The highest BCUT2D eigenvalue weighted by Crippen LogP contribution is 2.15. The number of aromatic nitrogens is 4. The molecule has 4 N–H and O–H groups in total. The lowest BCUT2D eigenvalue weighted by molar-refractivity contribution is -0.124. The third-order valence-corrected chi connectivity index (χ3v) is 6.75. The second-order valence-corrected chi connectivity index (χ2v) is 9.78. The Hall–Kier alpha value is -5.07. The van der Waals surface area contributed by atoms with Crippen molar-refractivity contribution in [1.29, 1.82) is 0 Å². The summed E-state index contributed by atoms with van der Waals surface area (Å²) >= 11 is 0. The van der Waals surface area contributed by atoms with Crippen LogP contribution in [0.4, 0.5) is 0 Å². The standard InChI is InChI=1S/C28H30N8O5/c1-17-28-35-22(16-41-28)27(40)34-21(14-18-8-3-2-4-9-18)25(38)30-11-6-5-10-20(26(39)32-17)33-24(37)19-15-31-36-13-7-12-29-23(19)36/h2-4,7-9,12-13,15-17,20-21H,5-6,10-11,14H2,1H3,(H,30,38)(H,32,39)(H,33,37)(H,34,40)/t17-,20-,21-/m0/s1. The Balaban J connectivity index is 1.34. The molecule has 3 atom stereocenters. The number of fused-ring (bicyclic) bond motifs is 3. The Labute approximate surface area is 235 Å². The van der Waals surface area contributed by atoms with Gasteiger partial charge in [-0.1, -0.05) is 30.3 Å². The van der Waals surface area contributed by atoms with Crippen molar-refractivity contribution in [2.75, 3.05) is 6.54 Å². The summed E-state index contributed by atoms with van der Waals surface area (Å²) < 4.78 is 6.95. The van der Waals surface area contributed by atoms with Gasteiger partial charge in [-0.05, 0) is 37.8 Å². The second-order valence-electron chi connectivity index (χ2n) is 9.78. The normalized spacial score (nSPS) is 20.6. The van der Waals surface area contributed by atoms with Gasteiger partial charge in [-0.15, -0.1) is 0 Å². The largest absolute Gasteiger partial charge is 0.446 e. The van der Waals surface area contributed by atoms with Crippen molar-refractivity contribution in [3.8, 4) is 0 Å². The van der Waals surface area contributed by atoms with E-state index in [1.165, 1.54) is 17.0 Å². The molecule has 0 fully saturated rings. The highest BCUT2D eigenvalue weighted by atomic mass is 16.3. The van der Waals surface area contributed by atoms with E-state index in [0.29, 0.717) is 37.9 Å². The summed E-state index contributed by atoms with van der Waals surface area (Å²) in [4.78, 5) is 60.9. The summed E-state index contributed by atoms with van der Waals surface area (Å²) in [5.41, 5.74) is 1.47. The number of benzene rings is 1. The molecule has 4 aromatic rings. The van der Waals surface area contributed by atoms with E-state index >= 15 is 0 Å². The molecule has 4 heterocycles. The van der Waals surface area contributed by atoms with Crippen LogP contribution in [0, 0.1) is 0 Å². The van der Waals surface area contributed by atoms with Crippen molar-refractivity contribution < 1.29 is 23.6 Å². The number of hydrogen-bond acceptors (Lipinski definition) is 8. The first-order valence-corrected chi connectivity index (χ1v) is 13.4. The summed E-state index contributed by atoms with van der Waals surface area (Å²) in [6.07, 6.45) is 7.48. The molecular formula is C28H30N8O5. The maximum atomic E-state index is 13.3. The van der Waals surface area contributed by atoms with Crippen molar-refractivity contribution in [2.24, 2.45) is 0 Å². The van der Waals surface area contributed by atoms with Crippen molar-refractivity contribution in [2.45, 2.75) is 50.7 Å². The number of hydrogen-bond donors (Lipinski definition) is 4. The minimum absolute atomic E-state index is 0.0236. The number of carbonyl (C=O) groups is 4. The van der Waals surface area contributed by atoms with Gasteiger partial charge in [0.1, 0.15) is 30.0 Å². The van der Waals surface area contributed by atoms with Gasteiger partial charge in [-0.2, -0.15) is 5.10 Å². The molecule has 1 aliphatic heterocycles. The summed E-state index contributed by atoms with van der Waals surface area (Å²) in [7, 11) is 0. The van der Waals surface area contributed by atoms with Crippen LogP contribution in [0.3, 0.4) is 0 Å². The quantitative estimate of drug-likeness (QED) is 0.290. The molecule has 0 aliphatic carbocycles. The third kappa shape index (κ3) is 6.57. The van der Waals surface area contributed by atoms with Gasteiger partial charge >= 0.3 is 0 Å². The van der Waals surface area contributed by atoms with Crippen molar-refractivity contribution >= 4 is 29.3 Å². The van der Waals surface area contributed by atoms with E-state index in [9.17, 15) is 19.2 Å². The summed E-state index contributed by atoms with van der Waals surface area (Å²) in [6.45, 7) is 1.99. The number of carbonyl (C=O) groups excluding carboxylic acids is 4. The van der Waals surface area contributed by atoms with Crippen LogP contribution in [0.25, 0.3) is 5.65 Å². The highest BCUT2D eigenvalue weighted by molar-refractivity contribution is 6.02. The van der Waals surface area contributed by atoms with Gasteiger partial charge < -0.3 is 25.7 Å². The van der Waals surface area contributed by atoms with Crippen molar-refractivity contribution in [1.82, 2.24) is 40.8 Å². The second kappa shape index (κ2) is 12.4. The van der Waals surface area contributed by atoms with Crippen LogP contribution >= 0.6 is 0 Å². The Morgan fingerprint density at radius 1 is 1.10 bits per heavy atom. The van der Waals surface area contributed by atoms with Gasteiger partial charge in [0.25, 0.3) is 11.8 Å². The Kier molecular flexibility index (Phi) is 8.32. The highest BCUT2D eigenvalue weighted by Gasteiger charge is 2.28. The van der Waals surface area contributed by atoms with E-state index in [2.05, 4.69) is 36.3 Å². The molecule has 2 bridgehead atoms. The topological polar surface area (TPSA) is 173 Å². The Morgan fingerprint density at radius 2 is 1.93 bits per heavy atom. The van der Waals surface area contributed by atoms with E-state index in [4.69, 9.17) is 4.42 Å². The fraction of sp³-hybridized carbons (Fsp3) is 0.321. The number of rotatable bonds is 4. The van der Waals surface area contributed by atoms with Crippen LogP contribution in [-0.4, -0.2) is 61.8 Å². The first kappa shape index (κ1) is 27.5. The lowest BCUT2D eigenvalue weighted by Crippen LogP contribution is -2.49. The number of nitrogens with zero attached hydrogens (tertiary/aromatic N) is 4. The van der Waals surface area contributed by atoms with Crippen LogP contribution < -0.4 is 21.3 Å². The first-order valence-electron chi connectivity index (χ1n) is 13.4. The molecule has 13 heteroatoms. The van der Waals surface area contributed by atoms with Gasteiger partial charge in [0.05, 0.1) is 6.20 Å². The molecule has 1 aromatic carbocycles. The van der Waals surface area contributed by atoms with Crippen LogP contribution in [0.1, 0.15) is 64.5 Å². The molecule has 4 amide bonds. The van der Waals surface area contributed by atoms with Gasteiger partial charge in [0.2, 0.25) is 17.7 Å². The van der Waals surface area contributed by atoms with E-state index in [1.54, 1.807) is 25.4 Å². The molecule has 1 aliphatic rings. The van der Waals surface area contributed by atoms with Gasteiger partial charge in [-0.3, -0.25) is 19.2 Å². The van der Waals surface area contributed by atoms with Crippen molar-refractivity contribution in [3.05, 3.63) is 84.0 Å². The summed E-state index contributed by atoms with van der Waals surface area (Å²) in [5, 5.41) is 15.4. The predicted molar refractivity (Wildman–Crippen MR) is 146 cm³/mol. The summed E-state index contributed by atoms with van der Waals surface area (Å²) in [6, 6.07) is 8.65. The van der Waals surface area contributed by atoms with E-state index < -0.39 is 35.8 Å². The van der Waals surface area contributed by atoms with Crippen LogP contribution in [0.5, 0.6) is 0 Å². The molecule has 41 heavy (non-hydrogen) atoms. The number of amides is 4. The molecule has 0 radical (unpaired) electrons. The average molecular weight is 559 g/mol. The maximum Gasteiger partial charge on any atom is 0.273 e. The van der Waals surface area contributed by atoms with Crippen LogP contribution in [0.2, 0.25) is 0 Å². The predicted octanol–water partition coefficient (Wildman–Crippen LogP) is 1.33. The molecule has 0 spiro atoms. The zero-order valence-corrected chi connectivity index (χ0v) is 22.4. The lowest BCUT2D eigenvalue weighted by atomic mass is 10.0. The first-order chi connectivity index (χ1) is 19.9. The fourth-order valence-electron chi connectivity index (χ4n) is 4.56. The minimum atomic E-state index is -0.893. The van der Waals surface area contributed by atoms with E-state index in [-0.39, 0.29) is 23.1 Å². The van der Waals surface area contributed by atoms with Crippen LogP contribution in [0.15, 0.2) is 65.7 Å². The van der Waals surface area contributed by atoms with E-state index in [1.807, 2.05) is 30.3 Å². The molecule has 3 aromatic heterocycles. The zero-order valence-electron chi connectivity index (χ0n) is 22.4. The SMILES string of the molecule is C[C@@H]1NC(=O)[C@@H](NC(=O)c2cnn3cccnc23)CCCCNC(=O)[C@H](Cc2ccccc2)NC(=O)c2coc1n2. The molecule has 0 saturated carbocycles. The number of nitrogens with one attached hydrogen (secondary N) is 4. The average Bonchev–Trinajstić information content (AvgIpc) is 3.64. The molecule has 13 nitrogen and oxygen atoms in total. The Morgan fingerprint density at radius 3 is 2.76 bits per heavy atom. The van der Waals surface area contributed by atoms with Gasteiger partial charge in [-0.25, -0.2) is 14.5 Å². The van der Waals surface area contributed by atoms with E-state index in [0.717, 1.165) is 5.56 Å². The molecular weight excluding hydrogens is 528 g/mol. The maximum absolute atomic E-state index is 13.3. The van der Waals surface area contributed by atoms with Crippen LogP contribution in [-0.2, 0) is 16.0 Å². The summed E-state index contributed by atoms with van der Waals surface area (Å²) in [5.74, 6) is -1.74. The fourth-order valence-corrected chi connectivity index (χ4v) is 4.56. The lowest BCUT2D eigenvalue weighted by Gasteiger charge is -2.21.